The van der Waals surface area contributed by atoms with Crippen molar-refractivity contribution in [2.45, 2.75) is 51.1 Å². The third-order valence-electron chi connectivity index (χ3n) is 6.32. The molecule has 0 unspecified atom stereocenters. The number of hydrogen-bond acceptors (Lipinski definition) is 7. The smallest absolute Gasteiger partial charge is 0.137 e. The number of anilines is 1. The maximum Gasteiger partial charge on any atom is 0.137 e. The van der Waals surface area contributed by atoms with Gasteiger partial charge in [0.25, 0.3) is 0 Å². The summed E-state index contributed by atoms with van der Waals surface area (Å²) in [5, 5.41) is 7.68. The summed E-state index contributed by atoms with van der Waals surface area (Å²) in [6, 6.07) is 0. The summed E-state index contributed by atoms with van der Waals surface area (Å²) in [4.78, 5) is 23.7. The van der Waals surface area contributed by atoms with Crippen molar-refractivity contribution in [3.8, 4) is 0 Å². The Kier molecular flexibility index (Phi) is 4.75. The number of fused-ring (bicyclic) bond motifs is 2. The zero-order valence-electron chi connectivity index (χ0n) is 16.8. The molecular weight excluding hydrogens is 366 g/mol. The average molecular weight is 393 g/mol. The fourth-order valence-electron chi connectivity index (χ4n) is 4.76. The molecule has 5 rings (SSSR count). The minimum atomic E-state index is 0.199. The molecule has 9 heteroatoms. The van der Waals surface area contributed by atoms with Gasteiger partial charge in [0, 0.05) is 29.9 Å². The third-order valence-corrected chi connectivity index (χ3v) is 6.32. The molecule has 4 heterocycles. The number of nitrogens with one attached hydrogen (secondary N) is 2. The van der Waals surface area contributed by atoms with Crippen LogP contribution in [-0.4, -0.2) is 59.2 Å². The van der Waals surface area contributed by atoms with E-state index in [0.29, 0.717) is 0 Å². The van der Waals surface area contributed by atoms with Crippen molar-refractivity contribution in [2.24, 2.45) is 0 Å². The van der Waals surface area contributed by atoms with Crippen molar-refractivity contribution in [3.05, 3.63) is 48.0 Å². The summed E-state index contributed by atoms with van der Waals surface area (Å²) in [5.74, 6) is 2.90. The monoisotopic (exact) mass is 393 g/mol. The van der Waals surface area contributed by atoms with E-state index >= 15 is 0 Å². The maximum absolute atomic E-state index is 4.93. The van der Waals surface area contributed by atoms with Crippen LogP contribution in [0.1, 0.15) is 42.2 Å². The van der Waals surface area contributed by atoms with Gasteiger partial charge in [0.1, 0.15) is 30.1 Å². The Balaban J connectivity index is 1.28. The second-order valence-corrected chi connectivity index (χ2v) is 8.12. The first kappa shape index (κ1) is 18.2. The van der Waals surface area contributed by atoms with Crippen LogP contribution in [0.25, 0.3) is 0 Å². The van der Waals surface area contributed by atoms with E-state index in [-0.39, 0.29) is 5.41 Å². The highest BCUT2D eigenvalue weighted by Gasteiger charge is 2.44. The van der Waals surface area contributed by atoms with Gasteiger partial charge in [-0.1, -0.05) is 0 Å². The van der Waals surface area contributed by atoms with Gasteiger partial charge < -0.3 is 10.3 Å². The van der Waals surface area contributed by atoms with Crippen LogP contribution >= 0.6 is 0 Å². The third kappa shape index (κ3) is 3.62. The first-order valence-corrected chi connectivity index (χ1v) is 10.4. The Morgan fingerprint density at radius 3 is 2.86 bits per heavy atom. The van der Waals surface area contributed by atoms with Crippen LogP contribution in [0.2, 0.25) is 0 Å². The quantitative estimate of drug-likeness (QED) is 0.657. The van der Waals surface area contributed by atoms with Crippen molar-refractivity contribution in [3.63, 3.8) is 0 Å². The lowest BCUT2D eigenvalue weighted by atomic mass is 9.76. The molecule has 1 saturated heterocycles. The highest BCUT2D eigenvalue weighted by Crippen LogP contribution is 2.47. The lowest BCUT2D eigenvalue weighted by Crippen LogP contribution is -2.41. The van der Waals surface area contributed by atoms with Crippen molar-refractivity contribution < 1.29 is 0 Å². The first-order chi connectivity index (χ1) is 14.2. The van der Waals surface area contributed by atoms with Gasteiger partial charge in [-0.3, -0.25) is 9.58 Å². The van der Waals surface area contributed by atoms with Gasteiger partial charge in [0.05, 0.1) is 18.8 Å². The van der Waals surface area contributed by atoms with Crippen molar-refractivity contribution >= 4 is 5.82 Å². The molecule has 1 fully saturated rings. The zero-order chi connectivity index (χ0) is 19.7. The number of aromatic nitrogens is 7. The largest absolute Gasteiger partial charge is 0.368 e. The zero-order valence-corrected chi connectivity index (χ0v) is 16.8. The molecule has 152 valence electrons. The van der Waals surface area contributed by atoms with Gasteiger partial charge in [0.2, 0.25) is 0 Å². The molecule has 1 aliphatic heterocycles. The summed E-state index contributed by atoms with van der Waals surface area (Å²) in [6.45, 7) is 6.60. The van der Waals surface area contributed by atoms with Crippen LogP contribution in [0.4, 0.5) is 5.82 Å². The molecule has 2 aliphatic rings. The van der Waals surface area contributed by atoms with Crippen LogP contribution in [-0.2, 0) is 24.9 Å². The number of hydrogen-bond donors (Lipinski definition) is 2. The molecule has 29 heavy (non-hydrogen) atoms. The highest BCUT2D eigenvalue weighted by atomic mass is 15.3. The van der Waals surface area contributed by atoms with Gasteiger partial charge in [-0.25, -0.2) is 19.9 Å². The Morgan fingerprint density at radius 1 is 1.21 bits per heavy atom. The second kappa shape index (κ2) is 7.55. The number of piperidine rings is 1. The number of rotatable bonds is 6. The van der Waals surface area contributed by atoms with E-state index < -0.39 is 0 Å². The lowest BCUT2D eigenvalue weighted by molar-refractivity contribution is 0.147. The molecule has 0 amide bonds. The molecule has 2 N–H and O–H groups in total. The normalized spacial score (nSPS) is 18.2. The second-order valence-electron chi connectivity index (χ2n) is 8.12. The van der Waals surface area contributed by atoms with Crippen molar-refractivity contribution in [1.29, 1.82) is 0 Å². The fourth-order valence-corrected chi connectivity index (χ4v) is 4.76. The molecule has 9 nitrogen and oxygen atoms in total. The number of H-pyrrole nitrogens is 1. The Labute approximate surface area is 170 Å². The minimum absolute atomic E-state index is 0.199. The van der Waals surface area contributed by atoms with Gasteiger partial charge in [-0.05, 0) is 45.7 Å². The van der Waals surface area contributed by atoms with Crippen LogP contribution in [0, 0.1) is 6.92 Å². The van der Waals surface area contributed by atoms with E-state index in [1.54, 1.807) is 12.7 Å². The minimum Gasteiger partial charge on any atom is -0.368 e. The van der Waals surface area contributed by atoms with E-state index in [2.05, 4.69) is 30.3 Å². The van der Waals surface area contributed by atoms with E-state index in [1.165, 1.54) is 17.7 Å². The van der Waals surface area contributed by atoms with Crippen LogP contribution < -0.4 is 5.32 Å². The van der Waals surface area contributed by atoms with Gasteiger partial charge >= 0.3 is 0 Å². The molecule has 1 spiro atoms. The molecule has 0 bridgehead atoms. The Bertz CT molecular complexity index is 941. The Morgan fingerprint density at radius 2 is 2.10 bits per heavy atom. The highest BCUT2D eigenvalue weighted by molar-refractivity contribution is 5.52. The molecule has 3 aromatic heterocycles. The predicted octanol–water partition coefficient (Wildman–Crippen LogP) is 1.69. The predicted molar refractivity (Wildman–Crippen MR) is 108 cm³/mol. The van der Waals surface area contributed by atoms with Crippen molar-refractivity contribution in [2.75, 3.05) is 25.0 Å². The van der Waals surface area contributed by atoms with Gasteiger partial charge in [-0.2, -0.15) is 5.10 Å². The van der Waals surface area contributed by atoms with Crippen LogP contribution in [0.5, 0.6) is 0 Å². The van der Waals surface area contributed by atoms with Crippen LogP contribution in [0.15, 0.2) is 25.0 Å². The molecule has 1 aliphatic carbocycles. The van der Waals surface area contributed by atoms with Gasteiger partial charge in [0.15, 0.2) is 0 Å². The lowest BCUT2D eigenvalue weighted by Gasteiger charge is -2.39. The van der Waals surface area contributed by atoms with E-state index in [4.69, 9.17) is 9.97 Å². The standard InChI is InChI=1S/C20H27N9/c1-15-26-18-16(19(27-15)24-8-11-29-14-21-13-25-29)2-3-20(18)4-9-28(10-5-20)12-17-22-6-7-23-17/h6-7,13-14H,2-5,8-12H2,1H3,(H,22,23)(H,24,26,27). The van der Waals surface area contributed by atoms with E-state index in [1.807, 2.05) is 24.0 Å². The summed E-state index contributed by atoms with van der Waals surface area (Å²) in [5.41, 5.74) is 2.80. The number of likely N-dealkylation sites (tertiary alicyclic amines) is 1. The summed E-state index contributed by atoms with van der Waals surface area (Å²) in [6.07, 6.45) is 11.5. The number of aromatic amines is 1. The number of imidazole rings is 1. The average Bonchev–Trinajstić information content (AvgIpc) is 3.47. The molecule has 0 saturated carbocycles. The SMILES string of the molecule is Cc1nc(NCCn2cncn2)c2c(n1)C1(CC2)CCN(Cc2ncc[nH]2)CC1. The van der Waals surface area contributed by atoms with E-state index in [0.717, 1.165) is 69.5 Å². The van der Waals surface area contributed by atoms with Crippen LogP contribution in [0.3, 0.4) is 0 Å². The number of nitrogens with zero attached hydrogens (tertiary/aromatic N) is 7. The van der Waals surface area contributed by atoms with Crippen molar-refractivity contribution in [1.82, 2.24) is 39.6 Å². The molecule has 0 aromatic carbocycles. The number of aryl methyl sites for hydroxylation is 1. The molecule has 0 atom stereocenters. The molecular formula is C20H27N9. The summed E-state index contributed by atoms with van der Waals surface area (Å²) in [7, 11) is 0. The van der Waals surface area contributed by atoms with Gasteiger partial charge in [-0.15, -0.1) is 0 Å². The molecule has 0 radical (unpaired) electrons. The van der Waals surface area contributed by atoms with E-state index in [9.17, 15) is 0 Å². The first-order valence-electron chi connectivity index (χ1n) is 10.4. The maximum atomic E-state index is 4.93. The summed E-state index contributed by atoms with van der Waals surface area (Å²) < 4.78 is 1.83. The summed E-state index contributed by atoms with van der Waals surface area (Å²) >= 11 is 0. The molecule has 3 aromatic rings. The topological polar surface area (TPSA) is 100 Å². The Hall–Kier alpha value is -2.81. The fraction of sp³-hybridized carbons (Fsp3) is 0.550.